The molecule has 0 radical (unpaired) electrons. The lowest BCUT2D eigenvalue weighted by Gasteiger charge is -2.26. The Morgan fingerprint density at radius 1 is 1.23 bits per heavy atom. The van der Waals surface area contributed by atoms with Crippen molar-refractivity contribution >= 4 is 27.5 Å². The lowest BCUT2D eigenvalue weighted by Crippen LogP contribution is -2.44. The molecular formula is C19H27N3O7S. The maximum atomic E-state index is 12.5. The molecule has 0 aromatic heterocycles. The van der Waals surface area contributed by atoms with Crippen LogP contribution in [0, 0.1) is 5.92 Å². The zero-order valence-corrected chi connectivity index (χ0v) is 17.9. The molecule has 2 fully saturated rings. The summed E-state index contributed by atoms with van der Waals surface area (Å²) in [4.78, 5) is 26.6. The van der Waals surface area contributed by atoms with E-state index in [1.54, 1.807) is 18.2 Å². The van der Waals surface area contributed by atoms with Gasteiger partial charge in [0.25, 0.3) is 0 Å². The van der Waals surface area contributed by atoms with Crippen molar-refractivity contribution in [2.75, 3.05) is 64.3 Å². The number of methoxy groups -OCH3 is 2. The largest absolute Gasteiger partial charge is 0.497 e. The van der Waals surface area contributed by atoms with Crippen LogP contribution >= 0.6 is 0 Å². The number of nitrogens with one attached hydrogen (secondary N) is 1. The third-order valence-electron chi connectivity index (χ3n) is 5.20. The Hall–Kier alpha value is -2.37. The first-order valence-corrected chi connectivity index (χ1v) is 11.3. The number of sulfonamides is 1. The number of ether oxygens (including phenoxy) is 3. The molecule has 11 heteroatoms. The van der Waals surface area contributed by atoms with Gasteiger partial charge in [-0.2, -0.15) is 4.31 Å². The van der Waals surface area contributed by atoms with E-state index in [9.17, 15) is 18.0 Å². The van der Waals surface area contributed by atoms with Crippen LogP contribution in [0.15, 0.2) is 18.2 Å². The lowest BCUT2D eigenvalue weighted by molar-refractivity contribution is -0.126. The molecule has 0 saturated carbocycles. The summed E-state index contributed by atoms with van der Waals surface area (Å²) in [6.07, 6.45) is 0.0441. The summed E-state index contributed by atoms with van der Waals surface area (Å²) in [5.41, 5.74) is 0.534. The number of benzene rings is 1. The molecule has 2 aliphatic rings. The number of amides is 2. The molecule has 166 valence electrons. The number of nitrogens with zero attached hydrogens (tertiary/aromatic N) is 2. The Labute approximate surface area is 176 Å². The number of carbonyl (C=O) groups is 2. The second kappa shape index (κ2) is 9.63. The first kappa shape index (κ1) is 22.3. The molecule has 1 aromatic carbocycles. The van der Waals surface area contributed by atoms with Crippen LogP contribution in [0.25, 0.3) is 0 Å². The molecule has 1 unspecified atom stereocenters. The summed E-state index contributed by atoms with van der Waals surface area (Å²) in [5, 5.41) is 2.65. The smallest absolute Gasteiger partial charge is 0.227 e. The summed E-state index contributed by atoms with van der Waals surface area (Å²) in [5.74, 6) is -0.235. The van der Waals surface area contributed by atoms with Crippen LogP contribution in [-0.2, 0) is 24.3 Å². The molecule has 1 N–H and O–H groups in total. The molecule has 30 heavy (non-hydrogen) atoms. The highest BCUT2D eigenvalue weighted by atomic mass is 32.2. The predicted octanol–water partition coefficient (Wildman–Crippen LogP) is -0.165. The number of rotatable bonds is 8. The summed E-state index contributed by atoms with van der Waals surface area (Å²) >= 11 is 0. The normalized spacial score (nSPS) is 20.3. The van der Waals surface area contributed by atoms with Crippen molar-refractivity contribution in [3.8, 4) is 11.5 Å². The number of hydrogen-bond acceptors (Lipinski definition) is 7. The summed E-state index contributed by atoms with van der Waals surface area (Å²) in [7, 11) is -0.422. The van der Waals surface area contributed by atoms with Gasteiger partial charge < -0.3 is 24.4 Å². The van der Waals surface area contributed by atoms with Crippen molar-refractivity contribution in [3.63, 3.8) is 0 Å². The monoisotopic (exact) mass is 441 g/mol. The van der Waals surface area contributed by atoms with E-state index in [1.165, 1.54) is 23.4 Å². The molecule has 2 heterocycles. The Balaban J connectivity index is 1.58. The average molecular weight is 442 g/mol. The Morgan fingerprint density at radius 3 is 2.63 bits per heavy atom. The molecule has 0 aliphatic carbocycles. The Bertz CT molecular complexity index is 884. The van der Waals surface area contributed by atoms with Gasteiger partial charge in [-0.1, -0.05) is 0 Å². The minimum absolute atomic E-state index is 0.00824. The number of anilines is 1. The van der Waals surface area contributed by atoms with Gasteiger partial charge in [0.15, 0.2) is 0 Å². The molecule has 2 amide bonds. The fourth-order valence-electron chi connectivity index (χ4n) is 3.53. The zero-order chi connectivity index (χ0) is 21.7. The van der Waals surface area contributed by atoms with Crippen molar-refractivity contribution in [1.29, 1.82) is 0 Å². The van der Waals surface area contributed by atoms with Crippen LogP contribution in [0.2, 0.25) is 0 Å². The van der Waals surface area contributed by atoms with E-state index in [2.05, 4.69) is 5.32 Å². The molecular weight excluding hydrogens is 414 g/mol. The quantitative estimate of drug-likeness (QED) is 0.596. The highest BCUT2D eigenvalue weighted by molar-refractivity contribution is 7.89. The topological polar surface area (TPSA) is 114 Å². The second-order valence-electron chi connectivity index (χ2n) is 7.06. The van der Waals surface area contributed by atoms with Crippen LogP contribution < -0.4 is 19.7 Å². The van der Waals surface area contributed by atoms with Crippen molar-refractivity contribution in [3.05, 3.63) is 18.2 Å². The second-order valence-corrected chi connectivity index (χ2v) is 9.15. The molecule has 0 spiro atoms. The fourth-order valence-corrected chi connectivity index (χ4v) is 4.85. The van der Waals surface area contributed by atoms with Crippen LogP contribution in [0.4, 0.5) is 5.69 Å². The van der Waals surface area contributed by atoms with E-state index < -0.39 is 15.9 Å². The standard InChI is InChI=1S/C19H27N3O7S/c1-27-15-3-4-17(28-2)16(12-15)22-13-14(11-18(22)23)19(24)20-5-10-30(25,26)21-6-8-29-9-7-21/h3-4,12,14H,5-11,13H2,1-2H3,(H,20,24). The molecule has 1 aromatic rings. The third-order valence-corrected chi connectivity index (χ3v) is 7.07. The molecule has 1 atom stereocenters. The molecule has 10 nitrogen and oxygen atoms in total. The summed E-state index contributed by atoms with van der Waals surface area (Å²) in [6.45, 7) is 1.57. The minimum Gasteiger partial charge on any atom is -0.497 e. The van der Waals surface area contributed by atoms with Gasteiger partial charge in [0, 0.05) is 38.7 Å². The van der Waals surface area contributed by atoms with Crippen LogP contribution in [-0.4, -0.2) is 83.9 Å². The predicted molar refractivity (Wildman–Crippen MR) is 109 cm³/mol. The number of hydrogen-bond donors (Lipinski definition) is 1. The van der Waals surface area contributed by atoms with Crippen LogP contribution in [0.1, 0.15) is 6.42 Å². The van der Waals surface area contributed by atoms with Crippen LogP contribution in [0.3, 0.4) is 0 Å². The zero-order valence-electron chi connectivity index (χ0n) is 17.1. The van der Waals surface area contributed by atoms with E-state index in [0.29, 0.717) is 43.5 Å². The summed E-state index contributed by atoms with van der Waals surface area (Å²) < 4.78 is 41.8. The molecule has 2 aliphatic heterocycles. The highest BCUT2D eigenvalue weighted by Gasteiger charge is 2.36. The molecule has 3 rings (SSSR count). The van der Waals surface area contributed by atoms with Crippen molar-refractivity contribution in [2.24, 2.45) is 5.92 Å². The number of morpholine rings is 1. The maximum absolute atomic E-state index is 12.5. The molecule has 0 bridgehead atoms. The Morgan fingerprint density at radius 2 is 1.97 bits per heavy atom. The fraction of sp³-hybridized carbons (Fsp3) is 0.579. The van der Waals surface area contributed by atoms with Gasteiger partial charge in [0.05, 0.1) is 44.8 Å². The van der Waals surface area contributed by atoms with Gasteiger partial charge in [0.1, 0.15) is 11.5 Å². The highest BCUT2D eigenvalue weighted by Crippen LogP contribution is 2.36. The first-order chi connectivity index (χ1) is 14.4. The lowest BCUT2D eigenvalue weighted by atomic mass is 10.1. The van der Waals surface area contributed by atoms with Crippen molar-refractivity contribution in [2.45, 2.75) is 6.42 Å². The van der Waals surface area contributed by atoms with Gasteiger partial charge in [-0.05, 0) is 12.1 Å². The third kappa shape index (κ3) is 5.02. The SMILES string of the molecule is COc1ccc(OC)c(N2CC(C(=O)NCCS(=O)(=O)N3CCOCC3)CC2=O)c1. The maximum Gasteiger partial charge on any atom is 0.227 e. The Kier molecular flexibility index (Phi) is 7.16. The van der Waals surface area contributed by atoms with Gasteiger partial charge in [0.2, 0.25) is 21.8 Å². The minimum atomic E-state index is -3.45. The average Bonchev–Trinajstić information content (AvgIpc) is 3.15. The van der Waals surface area contributed by atoms with Crippen molar-refractivity contribution in [1.82, 2.24) is 9.62 Å². The van der Waals surface area contributed by atoms with Gasteiger partial charge >= 0.3 is 0 Å². The van der Waals surface area contributed by atoms with Gasteiger partial charge in [-0.15, -0.1) is 0 Å². The number of carbonyl (C=O) groups excluding carboxylic acids is 2. The van der Waals surface area contributed by atoms with E-state index in [4.69, 9.17) is 14.2 Å². The first-order valence-electron chi connectivity index (χ1n) is 9.71. The van der Waals surface area contributed by atoms with E-state index in [0.717, 1.165) is 0 Å². The summed E-state index contributed by atoms with van der Waals surface area (Å²) in [6, 6.07) is 5.11. The van der Waals surface area contributed by atoms with E-state index in [1.807, 2.05) is 0 Å². The van der Waals surface area contributed by atoms with Crippen LogP contribution in [0.5, 0.6) is 11.5 Å². The van der Waals surface area contributed by atoms with E-state index >= 15 is 0 Å². The van der Waals surface area contributed by atoms with E-state index in [-0.39, 0.29) is 37.1 Å². The van der Waals surface area contributed by atoms with Crippen molar-refractivity contribution < 1.29 is 32.2 Å². The molecule has 2 saturated heterocycles. The van der Waals surface area contributed by atoms with Gasteiger partial charge in [-0.3, -0.25) is 9.59 Å². The van der Waals surface area contributed by atoms with Gasteiger partial charge in [-0.25, -0.2) is 8.42 Å².